The number of halogens is 1. The Bertz CT molecular complexity index is 1360. The third-order valence-electron chi connectivity index (χ3n) is 5.76. The molecule has 1 fully saturated rings. The van der Waals surface area contributed by atoms with Gasteiger partial charge in [0.05, 0.1) is 19.0 Å². The van der Waals surface area contributed by atoms with Crippen LogP contribution in [-0.4, -0.2) is 33.5 Å². The first-order chi connectivity index (χ1) is 16.0. The van der Waals surface area contributed by atoms with Crippen LogP contribution < -0.4 is 10.3 Å². The summed E-state index contributed by atoms with van der Waals surface area (Å²) in [5.74, 6) is 0.703. The second-order valence-corrected chi connectivity index (χ2v) is 9.60. The summed E-state index contributed by atoms with van der Waals surface area (Å²) in [6, 6.07) is 17.3. The van der Waals surface area contributed by atoms with E-state index >= 15 is 0 Å². The average molecular weight is 480 g/mol. The summed E-state index contributed by atoms with van der Waals surface area (Å²) in [5.41, 5.74) is 2.45. The standard InChI is InChI=1S/C25H22ClN3O3S/c1-32-20-10-2-16(3-11-20)13-29(19-8-9-19)23(30)14-28-15-27-21-12-22(33-24(21)25(28)31)17-4-6-18(26)7-5-17/h2-7,10-12,15,19H,8-9,13-14H2,1H3. The van der Waals surface area contributed by atoms with Gasteiger partial charge in [0.1, 0.15) is 17.0 Å². The van der Waals surface area contributed by atoms with Gasteiger partial charge in [-0.2, -0.15) is 0 Å². The Balaban J connectivity index is 1.37. The molecule has 1 aliphatic carbocycles. The lowest BCUT2D eigenvalue weighted by molar-refractivity contribution is -0.133. The molecule has 8 heteroatoms. The number of ether oxygens (including phenoxy) is 1. The highest BCUT2D eigenvalue weighted by molar-refractivity contribution is 7.22. The maximum atomic E-state index is 13.2. The van der Waals surface area contributed by atoms with Gasteiger partial charge in [-0.3, -0.25) is 14.2 Å². The second-order valence-electron chi connectivity index (χ2n) is 8.11. The van der Waals surface area contributed by atoms with Crippen LogP contribution in [0.4, 0.5) is 0 Å². The van der Waals surface area contributed by atoms with Gasteiger partial charge in [-0.25, -0.2) is 4.98 Å². The molecule has 0 atom stereocenters. The van der Waals surface area contributed by atoms with Crippen molar-refractivity contribution in [3.8, 4) is 16.2 Å². The number of benzene rings is 2. The van der Waals surface area contributed by atoms with Gasteiger partial charge in [-0.15, -0.1) is 11.3 Å². The fraction of sp³-hybridized carbons (Fsp3) is 0.240. The third-order valence-corrected chi connectivity index (χ3v) is 7.17. The quantitative estimate of drug-likeness (QED) is 0.375. The molecule has 0 N–H and O–H groups in total. The molecule has 168 valence electrons. The predicted molar refractivity (Wildman–Crippen MR) is 131 cm³/mol. The number of hydrogen-bond donors (Lipinski definition) is 0. The Morgan fingerprint density at radius 3 is 2.58 bits per heavy atom. The van der Waals surface area contributed by atoms with Crippen LogP contribution in [0.5, 0.6) is 5.75 Å². The predicted octanol–water partition coefficient (Wildman–Crippen LogP) is 4.98. The van der Waals surface area contributed by atoms with Crippen LogP contribution in [-0.2, 0) is 17.9 Å². The first-order valence-electron chi connectivity index (χ1n) is 10.7. The summed E-state index contributed by atoms with van der Waals surface area (Å²) >= 11 is 7.37. The number of fused-ring (bicyclic) bond motifs is 1. The minimum atomic E-state index is -0.196. The number of amides is 1. The molecular weight excluding hydrogens is 458 g/mol. The summed E-state index contributed by atoms with van der Waals surface area (Å²) in [7, 11) is 1.63. The third kappa shape index (κ3) is 4.65. The molecule has 1 saturated carbocycles. The zero-order valence-corrected chi connectivity index (χ0v) is 19.6. The van der Waals surface area contributed by atoms with E-state index in [0.717, 1.165) is 34.6 Å². The number of carbonyl (C=O) groups is 1. The van der Waals surface area contributed by atoms with E-state index in [0.29, 0.717) is 21.8 Å². The summed E-state index contributed by atoms with van der Waals surface area (Å²) in [6.45, 7) is 0.486. The number of nitrogens with zero attached hydrogens (tertiary/aromatic N) is 3. The monoisotopic (exact) mass is 479 g/mol. The van der Waals surface area contributed by atoms with Gasteiger partial charge >= 0.3 is 0 Å². The minimum absolute atomic E-state index is 0.0252. The molecule has 0 radical (unpaired) electrons. The van der Waals surface area contributed by atoms with E-state index < -0.39 is 0 Å². The summed E-state index contributed by atoms with van der Waals surface area (Å²) in [5, 5.41) is 0.661. The molecule has 5 rings (SSSR count). The van der Waals surface area contributed by atoms with Crippen molar-refractivity contribution in [2.24, 2.45) is 0 Å². The molecule has 0 saturated heterocycles. The molecule has 0 unspecified atom stereocenters. The van der Waals surface area contributed by atoms with Gasteiger partial charge in [-0.05, 0) is 54.3 Å². The highest BCUT2D eigenvalue weighted by Gasteiger charge is 2.32. The number of methoxy groups -OCH3 is 1. The number of thiophene rings is 1. The Morgan fingerprint density at radius 2 is 1.91 bits per heavy atom. The lowest BCUT2D eigenvalue weighted by Gasteiger charge is -2.23. The van der Waals surface area contributed by atoms with E-state index in [1.165, 1.54) is 22.2 Å². The minimum Gasteiger partial charge on any atom is -0.497 e. The average Bonchev–Trinajstić information content (AvgIpc) is 3.58. The van der Waals surface area contributed by atoms with Crippen LogP contribution >= 0.6 is 22.9 Å². The Morgan fingerprint density at radius 1 is 1.18 bits per heavy atom. The fourth-order valence-electron chi connectivity index (χ4n) is 3.79. The smallest absolute Gasteiger partial charge is 0.271 e. The summed E-state index contributed by atoms with van der Waals surface area (Å²) < 4.78 is 7.17. The SMILES string of the molecule is COc1ccc(CN(C(=O)Cn2cnc3cc(-c4ccc(Cl)cc4)sc3c2=O)C2CC2)cc1. The van der Waals surface area contributed by atoms with Crippen LogP contribution in [0, 0.1) is 0 Å². The molecule has 0 aliphatic heterocycles. The van der Waals surface area contributed by atoms with E-state index in [-0.39, 0.29) is 24.1 Å². The van der Waals surface area contributed by atoms with E-state index in [9.17, 15) is 9.59 Å². The number of aromatic nitrogens is 2. The van der Waals surface area contributed by atoms with Gasteiger partial charge in [-0.1, -0.05) is 35.9 Å². The second kappa shape index (κ2) is 9.00. The van der Waals surface area contributed by atoms with E-state index in [2.05, 4.69) is 4.98 Å². The molecule has 2 heterocycles. The molecular formula is C25H22ClN3O3S. The topological polar surface area (TPSA) is 64.4 Å². The lowest BCUT2D eigenvalue weighted by Crippen LogP contribution is -2.37. The van der Waals surface area contributed by atoms with Gasteiger partial charge in [0.2, 0.25) is 5.91 Å². The first kappa shape index (κ1) is 21.7. The zero-order valence-electron chi connectivity index (χ0n) is 18.0. The number of hydrogen-bond acceptors (Lipinski definition) is 5. The molecule has 4 aromatic rings. The molecule has 2 aromatic carbocycles. The molecule has 0 bridgehead atoms. The van der Waals surface area contributed by atoms with E-state index in [4.69, 9.17) is 16.3 Å². The summed E-state index contributed by atoms with van der Waals surface area (Å²) in [6.07, 6.45) is 3.45. The van der Waals surface area contributed by atoms with Crippen molar-refractivity contribution in [1.29, 1.82) is 0 Å². The maximum Gasteiger partial charge on any atom is 0.271 e. The van der Waals surface area contributed by atoms with Gasteiger partial charge in [0.25, 0.3) is 5.56 Å². The van der Waals surface area contributed by atoms with Crippen molar-refractivity contribution in [3.05, 3.63) is 81.9 Å². The first-order valence-corrected chi connectivity index (χ1v) is 11.9. The Hall–Kier alpha value is -3.16. The van der Waals surface area contributed by atoms with Crippen LogP contribution in [0.2, 0.25) is 5.02 Å². The van der Waals surface area contributed by atoms with Crippen LogP contribution in [0.15, 0.2) is 65.7 Å². The number of carbonyl (C=O) groups excluding carboxylic acids is 1. The largest absolute Gasteiger partial charge is 0.497 e. The van der Waals surface area contributed by atoms with E-state index in [1.807, 2.05) is 59.5 Å². The van der Waals surface area contributed by atoms with Crippen LogP contribution in [0.25, 0.3) is 20.7 Å². The van der Waals surface area contributed by atoms with Crippen molar-refractivity contribution in [3.63, 3.8) is 0 Å². The van der Waals surface area contributed by atoms with Crippen molar-refractivity contribution in [2.75, 3.05) is 7.11 Å². The Kier molecular flexibility index (Phi) is 5.91. The van der Waals surface area contributed by atoms with Crippen LogP contribution in [0.3, 0.4) is 0 Å². The molecule has 2 aromatic heterocycles. The highest BCUT2D eigenvalue weighted by atomic mass is 35.5. The normalized spacial score (nSPS) is 13.3. The van der Waals surface area contributed by atoms with Gasteiger partial charge in [0.15, 0.2) is 0 Å². The highest BCUT2D eigenvalue weighted by Crippen LogP contribution is 2.32. The number of rotatable bonds is 7. The van der Waals surface area contributed by atoms with Crippen molar-refractivity contribution in [2.45, 2.75) is 32.0 Å². The van der Waals surface area contributed by atoms with Crippen molar-refractivity contribution >= 4 is 39.1 Å². The maximum absolute atomic E-state index is 13.2. The van der Waals surface area contributed by atoms with Crippen molar-refractivity contribution in [1.82, 2.24) is 14.5 Å². The van der Waals surface area contributed by atoms with Gasteiger partial charge in [0, 0.05) is 22.5 Å². The lowest BCUT2D eigenvalue weighted by atomic mass is 10.2. The fourth-order valence-corrected chi connectivity index (χ4v) is 4.98. The molecule has 1 aliphatic rings. The van der Waals surface area contributed by atoms with Crippen molar-refractivity contribution < 1.29 is 9.53 Å². The Labute approximate surface area is 200 Å². The zero-order chi connectivity index (χ0) is 22.9. The molecule has 6 nitrogen and oxygen atoms in total. The van der Waals surface area contributed by atoms with E-state index in [1.54, 1.807) is 7.11 Å². The van der Waals surface area contributed by atoms with Crippen LogP contribution in [0.1, 0.15) is 18.4 Å². The molecule has 33 heavy (non-hydrogen) atoms. The summed E-state index contributed by atoms with van der Waals surface area (Å²) in [4.78, 5) is 33.6. The molecule has 0 spiro atoms. The van der Waals surface area contributed by atoms with Gasteiger partial charge < -0.3 is 9.64 Å². The molecule has 1 amide bonds.